The van der Waals surface area contributed by atoms with E-state index in [1.54, 1.807) is 30.4 Å². The monoisotopic (exact) mass is 360 g/mol. The summed E-state index contributed by atoms with van der Waals surface area (Å²) >= 11 is 0. The summed E-state index contributed by atoms with van der Waals surface area (Å²) in [7, 11) is 0. The van der Waals surface area contributed by atoms with Crippen LogP contribution in [0, 0.1) is 0 Å². The Morgan fingerprint density at radius 3 is 1.85 bits per heavy atom. The third-order valence-electron chi connectivity index (χ3n) is 3.28. The highest BCUT2D eigenvalue weighted by molar-refractivity contribution is 5.66. The van der Waals surface area contributed by atoms with Crippen LogP contribution < -0.4 is 0 Å². The first-order valence-electron chi connectivity index (χ1n) is 9.10. The van der Waals surface area contributed by atoms with E-state index >= 15 is 0 Å². The Bertz CT molecular complexity index is 524. The third kappa shape index (κ3) is 18.2. The number of rotatable bonds is 14. The Kier molecular flexibility index (Phi) is 16.2. The number of hydrogen-bond acceptors (Lipinski definition) is 3. The molecule has 2 atom stereocenters. The fourth-order valence-corrected chi connectivity index (χ4v) is 1.90. The van der Waals surface area contributed by atoms with E-state index < -0.39 is 18.2 Å². The number of allylic oxidation sites excluding steroid dienone is 8. The maximum atomic E-state index is 10.3. The molecule has 144 valence electrons. The molecule has 4 nitrogen and oxygen atoms in total. The summed E-state index contributed by atoms with van der Waals surface area (Å²) in [5, 5.41) is 27.9. The van der Waals surface area contributed by atoms with E-state index in [-0.39, 0.29) is 6.42 Å². The van der Waals surface area contributed by atoms with E-state index in [0.29, 0.717) is 19.3 Å². The maximum Gasteiger partial charge on any atom is 0.303 e. The van der Waals surface area contributed by atoms with Crippen molar-refractivity contribution in [2.75, 3.05) is 0 Å². The average Bonchev–Trinajstić information content (AvgIpc) is 2.60. The Labute approximate surface area is 157 Å². The minimum Gasteiger partial charge on any atom is -0.481 e. The fourth-order valence-electron chi connectivity index (χ4n) is 1.90. The smallest absolute Gasteiger partial charge is 0.303 e. The molecule has 0 spiro atoms. The quantitative estimate of drug-likeness (QED) is 0.315. The van der Waals surface area contributed by atoms with Gasteiger partial charge in [0.15, 0.2) is 0 Å². The fraction of sp³-hybridized carbons (Fsp3) is 0.409. The first-order valence-corrected chi connectivity index (χ1v) is 9.10. The number of aliphatic hydroxyl groups excluding tert-OH is 2. The normalized spacial score (nSPS) is 15.5. The molecule has 0 bridgehead atoms. The summed E-state index contributed by atoms with van der Waals surface area (Å²) in [6, 6.07) is 0. The zero-order valence-corrected chi connectivity index (χ0v) is 15.6. The van der Waals surface area contributed by atoms with Crippen molar-refractivity contribution in [2.24, 2.45) is 0 Å². The Morgan fingerprint density at radius 1 is 0.808 bits per heavy atom. The van der Waals surface area contributed by atoms with Gasteiger partial charge in [-0.1, -0.05) is 79.8 Å². The van der Waals surface area contributed by atoms with Crippen LogP contribution in [0.5, 0.6) is 0 Å². The number of carboxylic acid groups (broad SMARTS) is 1. The molecule has 4 heteroatoms. The molecule has 0 rings (SSSR count). The molecule has 0 aromatic carbocycles. The molecule has 2 unspecified atom stereocenters. The van der Waals surface area contributed by atoms with Gasteiger partial charge in [0.2, 0.25) is 0 Å². The van der Waals surface area contributed by atoms with Crippen molar-refractivity contribution in [3.63, 3.8) is 0 Å². The highest BCUT2D eigenvalue weighted by Crippen LogP contribution is 2.00. The molecular weight excluding hydrogens is 328 g/mol. The molecule has 0 aliphatic heterocycles. The predicted molar refractivity (Wildman–Crippen MR) is 108 cm³/mol. The van der Waals surface area contributed by atoms with Crippen LogP contribution in [0.3, 0.4) is 0 Å². The van der Waals surface area contributed by atoms with E-state index in [9.17, 15) is 15.0 Å². The van der Waals surface area contributed by atoms with Gasteiger partial charge in [0.1, 0.15) is 0 Å². The lowest BCUT2D eigenvalue weighted by atomic mass is 10.2. The molecule has 0 aliphatic rings. The minimum absolute atomic E-state index is 0.114. The highest BCUT2D eigenvalue weighted by Gasteiger charge is 1.95. The molecule has 0 aromatic rings. The molecule has 0 fully saturated rings. The van der Waals surface area contributed by atoms with Gasteiger partial charge in [0.25, 0.3) is 0 Å². The van der Waals surface area contributed by atoms with Crippen LogP contribution in [-0.4, -0.2) is 33.5 Å². The van der Waals surface area contributed by atoms with Crippen molar-refractivity contribution in [1.29, 1.82) is 0 Å². The summed E-state index contributed by atoms with van der Waals surface area (Å²) in [5.74, 6) is -0.815. The van der Waals surface area contributed by atoms with E-state index in [1.165, 1.54) is 0 Å². The van der Waals surface area contributed by atoms with Crippen molar-refractivity contribution in [1.82, 2.24) is 0 Å². The van der Waals surface area contributed by atoms with Crippen molar-refractivity contribution in [3.8, 4) is 0 Å². The summed E-state index contributed by atoms with van der Waals surface area (Å²) in [5.41, 5.74) is 0. The van der Waals surface area contributed by atoms with Crippen molar-refractivity contribution < 1.29 is 20.1 Å². The number of carboxylic acids is 1. The lowest BCUT2D eigenvalue weighted by Crippen LogP contribution is -1.99. The number of carbonyl (C=O) groups is 1. The highest BCUT2D eigenvalue weighted by atomic mass is 16.4. The van der Waals surface area contributed by atoms with E-state index in [4.69, 9.17) is 5.11 Å². The predicted octanol–water partition coefficient (Wildman–Crippen LogP) is 4.49. The second kappa shape index (κ2) is 17.6. The summed E-state index contributed by atoms with van der Waals surface area (Å²) in [4.78, 5) is 10.3. The lowest BCUT2D eigenvalue weighted by Gasteiger charge is -1.99. The molecule has 0 saturated heterocycles. The van der Waals surface area contributed by atoms with Gasteiger partial charge in [-0.2, -0.15) is 0 Å². The van der Waals surface area contributed by atoms with Gasteiger partial charge in [-0.05, 0) is 32.1 Å². The van der Waals surface area contributed by atoms with Crippen LogP contribution in [0.15, 0.2) is 72.9 Å². The minimum atomic E-state index is -0.815. The topological polar surface area (TPSA) is 77.8 Å². The Morgan fingerprint density at radius 2 is 1.35 bits per heavy atom. The van der Waals surface area contributed by atoms with Crippen molar-refractivity contribution in [2.45, 2.75) is 57.7 Å². The van der Waals surface area contributed by atoms with Gasteiger partial charge in [-0.15, -0.1) is 0 Å². The SMILES string of the molecule is CC/C=C\CC(O)/C=C/C=C\C/C=C\C=C\C(O)C/C=C\CCC(=O)O. The Hall–Kier alpha value is -2.17. The molecule has 0 aromatic heterocycles. The van der Waals surface area contributed by atoms with Crippen LogP contribution in [0.4, 0.5) is 0 Å². The molecule has 0 amide bonds. The van der Waals surface area contributed by atoms with E-state index in [2.05, 4.69) is 6.92 Å². The van der Waals surface area contributed by atoms with Crippen molar-refractivity contribution in [3.05, 3.63) is 72.9 Å². The number of aliphatic hydroxyl groups is 2. The zero-order valence-electron chi connectivity index (χ0n) is 15.6. The van der Waals surface area contributed by atoms with Gasteiger partial charge < -0.3 is 15.3 Å². The van der Waals surface area contributed by atoms with Crippen LogP contribution >= 0.6 is 0 Å². The molecule has 0 saturated carbocycles. The van der Waals surface area contributed by atoms with Crippen LogP contribution in [0.25, 0.3) is 0 Å². The second-order valence-electron chi connectivity index (χ2n) is 5.75. The largest absolute Gasteiger partial charge is 0.481 e. The molecule has 0 aliphatic carbocycles. The van der Waals surface area contributed by atoms with E-state index in [1.807, 2.05) is 42.5 Å². The van der Waals surface area contributed by atoms with Crippen molar-refractivity contribution >= 4 is 5.97 Å². The molecular formula is C22H32O4. The molecule has 3 N–H and O–H groups in total. The van der Waals surface area contributed by atoms with Gasteiger partial charge in [0, 0.05) is 6.42 Å². The number of aliphatic carboxylic acids is 1. The molecule has 26 heavy (non-hydrogen) atoms. The van der Waals surface area contributed by atoms with E-state index in [0.717, 1.165) is 12.8 Å². The van der Waals surface area contributed by atoms with Gasteiger partial charge in [0.05, 0.1) is 12.2 Å². The van der Waals surface area contributed by atoms with Crippen LogP contribution in [0.2, 0.25) is 0 Å². The third-order valence-corrected chi connectivity index (χ3v) is 3.28. The molecule has 0 radical (unpaired) electrons. The van der Waals surface area contributed by atoms with Gasteiger partial charge in [-0.25, -0.2) is 0 Å². The summed E-state index contributed by atoms with van der Waals surface area (Å²) in [6.07, 6.45) is 24.9. The summed E-state index contributed by atoms with van der Waals surface area (Å²) in [6.45, 7) is 2.06. The first-order chi connectivity index (χ1) is 12.6. The Balaban J connectivity index is 3.85. The van der Waals surface area contributed by atoms with Gasteiger partial charge in [-0.3, -0.25) is 4.79 Å². The summed E-state index contributed by atoms with van der Waals surface area (Å²) < 4.78 is 0. The standard InChI is InChI=1S/C22H32O4/c1-2-3-10-15-20(23)16-11-7-5-4-6-8-12-17-21(24)18-13-9-14-19-22(25)26/h3,5-13,16-17,20-21,23-24H,2,4,14-15,18-19H2,1H3,(H,25,26)/b7-5-,8-6-,10-3-,13-9-,16-11+,17-12+. The number of hydrogen-bond donors (Lipinski definition) is 3. The molecule has 0 heterocycles. The zero-order chi connectivity index (χ0) is 19.5. The second-order valence-corrected chi connectivity index (χ2v) is 5.75. The maximum absolute atomic E-state index is 10.3. The average molecular weight is 360 g/mol. The van der Waals surface area contributed by atoms with Crippen LogP contribution in [0.1, 0.15) is 45.4 Å². The first kappa shape index (κ1) is 23.8. The van der Waals surface area contributed by atoms with Crippen LogP contribution in [-0.2, 0) is 4.79 Å². The lowest BCUT2D eigenvalue weighted by molar-refractivity contribution is -0.136. The van der Waals surface area contributed by atoms with Gasteiger partial charge >= 0.3 is 5.97 Å².